The Morgan fingerprint density at radius 3 is 2.82 bits per heavy atom. The highest BCUT2D eigenvalue weighted by Gasteiger charge is 1.98. The lowest BCUT2D eigenvalue weighted by Crippen LogP contribution is -2.19. The molecule has 0 aliphatic carbocycles. The molecule has 1 heterocycles. The van der Waals surface area contributed by atoms with Crippen molar-refractivity contribution in [3.8, 4) is 0 Å². The second kappa shape index (κ2) is 3.22. The van der Waals surface area contributed by atoms with Crippen LogP contribution in [-0.4, -0.2) is 4.57 Å². The van der Waals surface area contributed by atoms with Crippen molar-refractivity contribution in [2.75, 3.05) is 0 Å². The van der Waals surface area contributed by atoms with Gasteiger partial charge in [-0.3, -0.25) is 4.79 Å². The Bertz CT molecular complexity index is 316. The summed E-state index contributed by atoms with van der Waals surface area (Å²) in [6.45, 7) is 4.64. The molecule has 1 rings (SSSR count). The fourth-order valence-corrected chi connectivity index (χ4v) is 1.56. The quantitative estimate of drug-likeness (QED) is 0.703. The summed E-state index contributed by atoms with van der Waals surface area (Å²) in [6, 6.07) is 1.83. The van der Waals surface area contributed by atoms with Crippen LogP contribution < -0.4 is 5.56 Å². The molecule has 1 aromatic heterocycles. The van der Waals surface area contributed by atoms with Crippen molar-refractivity contribution in [3.05, 3.63) is 32.7 Å². The van der Waals surface area contributed by atoms with E-state index < -0.39 is 0 Å². The number of pyridine rings is 1. The van der Waals surface area contributed by atoms with Crippen LogP contribution in [0.3, 0.4) is 0 Å². The van der Waals surface area contributed by atoms with Crippen molar-refractivity contribution in [1.82, 2.24) is 4.57 Å². The number of nitrogens with zero attached hydrogens (tertiary/aromatic N) is 1. The van der Waals surface area contributed by atoms with Crippen molar-refractivity contribution < 1.29 is 0 Å². The summed E-state index contributed by atoms with van der Waals surface area (Å²) in [4.78, 5) is 11.3. The minimum atomic E-state index is 0.0399. The van der Waals surface area contributed by atoms with Crippen LogP contribution in [0.2, 0.25) is 0 Å². The number of aryl methyl sites for hydroxylation is 2. The molecule has 1 aromatic rings. The van der Waals surface area contributed by atoms with Crippen molar-refractivity contribution in [2.45, 2.75) is 20.4 Å². The first-order valence-electron chi connectivity index (χ1n) is 3.51. The van der Waals surface area contributed by atoms with Crippen LogP contribution in [0.15, 0.2) is 21.5 Å². The summed E-state index contributed by atoms with van der Waals surface area (Å²) in [5, 5.41) is 0. The number of aromatic nitrogens is 1. The lowest BCUT2D eigenvalue weighted by Gasteiger charge is -2.02. The van der Waals surface area contributed by atoms with Gasteiger partial charge < -0.3 is 4.57 Å². The lowest BCUT2D eigenvalue weighted by atomic mass is 10.3. The van der Waals surface area contributed by atoms with Crippen molar-refractivity contribution in [3.63, 3.8) is 0 Å². The zero-order valence-electron chi connectivity index (χ0n) is 6.60. The first kappa shape index (κ1) is 8.53. The first-order valence-corrected chi connectivity index (χ1v) is 4.31. The summed E-state index contributed by atoms with van der Waals surface area (Å²) < 4.78 is 2.32. The Morgan fingerprint density at radius 2 is 2.27 bits per heavy atom. The highest BCUT2D eigenvalue weighted by Crippen LogP contribution is 2.05. The summed E-state index contributed by atoms with van der Waals surface area (Å²) in [6.07, 6.45) is 1.85. The van der Waals surface area contributed by atoms with E-state index in [0.717, 1.165) is 12.1 Å². The molecule has 0 saturated carbocycles. The number of hydrogen-bond acceptors (Lipinski definition) is 1. The van der Waals surface area contributed by atoms with Gasteiger partial charge >= 0.3 is 0 Å². The van der Waals surface area contributed by atoms with Crippen LogP contribution >= 0.6 is 15.9 Å². The molecule has 0 N–H and O–H groups in total. The third kappa shape index (κ3) is 1.71. The van der Waals surface area contributed by atoms with E-state index in [1.807, 2.05) is 26.1 Å². The van der Waals surface area contributed by atoms with Crippen LogP contribution in [0.4, 0.5) is 0 Å². The Kier molecular flexibility index (Phi) is 2.49. The summed E-state index contributed by atoms with van der Waals surface area (Å²) in [7, 11) is 0. The molecule has 11 heavy (non-hydrogen) atoms. The fraction of sp³-hybridized carbons (Fsp3) is 0.375. The van der Waals surface area contributed by atoms with Gasteiger partial charge in [-0.05, 0) is 41.4 Å². The molecule has 0 amide bonds. The molecule has 0 aliphatic rings. The predicted molar refractivity (Wildman–Crippen MR) is 48.8 cm³/mol. The van der Waals surface area contributed by atoms with E-state index in [1.54, 1.807) is 4.57 Å². The van der Waals surface area contributed by atoms with Crippen LogP contribution in [0.5, 0.6) is 0 Å². The minimum Gasteiger partial charge on any atom is -0.315 e. The van der Waals surface area contributed by atoms with Gasteiger partial charge in [0.25, 0.3) is 5.56 Å². The molecular weight excluding hydrogens is 206 g/mol. The number of rotatable bonds is 1. The Morgan fingerprint density at radius 1 is 1.64 bits per heavy atom. The largest absolute Gasteiger partial charge is 0.315 e. The molecule has 60 valence electrons. The van der Waals surface area contributed by atoms with Gasteiger partial charge in [0, 0.05) is 12.7 Å². The van der Waals surface area contributed by atoms with Gasteiger partial charge in [0.15, 0.2) is 0 Å². The molecule has 0 atom stereocenters. The molecule has 0 aliphatic heterocycles. The monoisotopic (exact) mass is 215 g/mol. The minimum absolute atomic E-state index is 0.0399. The van der Waals surface area contributed by atoms with Gasteiger partial charge in [0.1, 0.15) is 0 Å². The summed E-state index contributed by atoms with van der Waals surface area (Å²) >= 11 is 3.20. The first-order chi connectivity index (χ1) is 5.15. The lowest BCUT2D eigenvalue weighted by molar-refractivity contribution is 0.719. The maximum atomic E-state index is 11.3. The van der Waals surface area contributed by atoms with Crippen LogP contribution in [0.25, 0.3) is 0 Å². The summed E-state index contributed by atoms with van der Waals surface area (Å²) in [5.74, 6) is 0. The zero-order chi connectivity index (χ0) is 8.43. The Balaban J connectivity index is 3.37. The van der Waals surface area contributed by atoms with E-state index in [9.17, 15) is 4.79 Å². The average Bonchev–Trinajstić information content (AvgIpc) is 1.96. The Labute approximate surface area is 74.0 Å². The third-order valence-electron chi connectivity index (χ3n) is 1.52. The molecule has 3 heteroatoms. The average molecular weight is 216 g/mol. The van der Waals surface area contributed by atoms with Crippen molar-refractivity contribution in [2.24, 2.45) is 0 Å². The van der Waals surface area contributed by atoms with E-state index in [1.165, 1.54) is 0 Å². The van der Waals surface area contributed by atoms with Gasteiger partial charge in [-0.1, -0.05) is 0 Å². The van der Waals surface area contributed by atoms with E-state index in [4.69, 9.17) is 0 Å². The molecule has 0 spiro atoms. The molecule has 0 radical (unpaired) electrons. The zero-order valence-corrected chi connectivity index (χ0v) is 8.18. The van der Waals surface area contributed by atoms with E-state index >= 15 is 0 Å². The van der Waals surface area contributed by atoms with Crippen LogP contribution in [0, 0.1) is 6.92 Å². The van der Waals surface area contributed by atoms with Crippen molar-refractivity contribution in [1.29, 1.82) is 0 Å². The standard InChI is InChI=1S/C8H10BrNO/c1-3-10-5-6(2)4-7(9)8(10)11/h4-5H,3H2,1-2H3. The Hall–Kier alpha value is -0.570. The van der Waals surface area contributed by atoms with Gasteiger partial charge in [-0.15, -0.1) is 0 Å². The predicted octanol–water partition coefficient (Wildman–Crippen LogP) is 1.94. The van der Waals surface area contributed by atoms with E-state index in [2.05, 4.69) is 15.9 Å². The van der Waals surface area contributed by atoms with E-state index in [0.29, 0.717) is 4.47 Å². The normalized spacial score (nSPS) is 10.1. The topological polar surface area (TPSA) is 22.0 Å². The number of hydrogen-bond donors (Lipinski definition) is 0. The maximum Gasteiger partial charge on any atom is 0.264 e. The van der Waals surface area contributed by atoms with Gasteiger partial charge in [0.2, 0.25) is 0 Å². The fourth-order valence-electron chi connectivity index (χ4n) is 0.975. The van der Waals surface area contributed by atoms with Crippen molar-refractivity contribution >= 4 is 15.9 Å². The molecule has 0 bridgehead atoms. The van der Waals surface area contributed by atoms with Gasteiger partial charge in [-0.2, -0.15) is 0 Å². The van der Waals surface area contributed by atoms with Crippen LogP contribution in [-0.2, 0) is 6.54 Å². The number of halogens is 1. The van der Waals surface area contributed by atoms with Gasteiger partial charge in [-0.25, -0.2) is 0 Å². The molecular formula is C8H10BrNO. The summed E-state index contributed by atoms with van der Waals surface area (Å²) in [5.41, 5.74) is 1.14. The molecule has 2 nitrogen and oxygen atoms in total. The van der Waals surface area contributed by atoms with Gasteiger partial charge in [0.05, 0.1) is 4.47 Å². The smallest absolute Gasteiger partial charge is 0.264 e. The molecule has 0 unspecified atom stereocenters. The second-order valence-corrected chi connectivity index (χ2v) is 3.31. The highest BCUT2D eigenvalue weighted by atomic mass is 79.9. The third-order valence-corrected chi connectivity index (χ3v) is 2.09. The van der Waals surface area contributed by atoms with Crippen LogP contribution in [0.1, 0.15) is 12.5 Å². The second-order valence-electron chi connectivity index (χ2n) is 2.46. The molecule has 0 fully saturated rings. The maximum absolute atomic E-state index is 11.3. The van der Waals surface area contributed by atoms with E-state index in [-0.39, 0.29) is 5.56 Å². The molecule has 0 saturated heterocycles. The highest BCUT2D eigenvalue weighted by molar-refractivity contribution is 9.10. The SMILES string of the molecule is CCn1cc(C)cc(Br)c1=O. The molecule has 0 aromatic carbocycles.